The zero-order chi connectivity index (χ0) is 13.2. The molecule has 1 N–H and O–H groups in total. The van der Waals surface area contributed by atoms with Crippen molar-refractivity contribution < 1.29 is 9.90 Å². The molecule has 0 saturated carbocycles. The number of hydrogen-bond donors (Lipinski definition) is 1. The summed E-state index contributed by atoms with van der Waals surface area (Å²) in [4.78, 5) is 16.3. The summed E-state index contributed by atoms with van der Waals surface area (Å²) in [6.07, 6.45) is 4.89. The standard InChI is InChI=1S/C14H26N2O2/c1-3-14(13(17)18)6-10-16(11-7-14)12-4-8-15(2)9-5-12/h12H,3-11H2,1-2H3,(H,17,18). The van der Waals surface area contributed by atoms with Gasteiger partial charge < -0.3 is 14.9 Å². The lowest BCUT2D eigenvalue weighted by Gasteiger charge is -2.44. The zero-order valence-electron chi connectivity index (χ0n) is 11.7. The highest BCUT2D eigenvalue weighted by Gasteiger charge is 2.41. The van der Waals surface area contributed by atoms with Gasteiger partial charge in [-0.05, 0) is 65.3 Å². The fraction of sp³-hybridized carbons (Fsp3) is 0.929. The third kappa shape index (κ3) is 2.69. The van der Waals surface area contributed by atoms with Gasteiger partial charge in [0.05, 0.1) is 5.41 Å². The van der Waals surface area contributed by atoms with E-state index in [-0.39, 0.29) is 0 Å². The lowest BCUT2D eigenvalue weighted by molar-refractivity contribution is -0.152. The minimum atomic E-state index is -0.590. The van der Waals surface area contributed by atoms with Crippen LogP contribution in [0.5, 0.6) is 0 Å². The van der Waals surface area contributed by atoms with Crippen molar-refractivity contribution in [2.45, 2.75) is 45.1 Å². The molecule has 2 aliphatic heterocycles. The molecule has 0 bridgehead atoms. The number of carboxylic acid groups (broad SMARTS) is 1. The Morgan fingerprint density at radius 3 is 2.22 bits per heavy atom. The average molecular weight is 254 g/mol. The van der Waals surface area contributed by atoms with Crippen molar-refractivity contribution >= 4 is 5.97 Å². The normalized spacial score (nSPS) is 27.2. The molecule has 0 atom stereocenters. The fourth-order valence-corrected chi connectivity index (χ4v) is 3.40. The molecule has 0 spiro atoms. The van der Waals surface area contributed by atoms with Crippen molar-refractivity contribution in [3.63, 3.8) is 0 Å². The van der Waals surface area contributed by atoms with Crippen LogP contribution in [0.3, 0.4) is 0 Å². The highest BCUT2D eigenvalue weighted by Crippen LogP contribution is 2.36. The first-order valence-corrected chi connectivity index (χ1v) is 7.23. The third-order valence-electron chi connectivity index (χ3n) is 5.09. The summed E-state index contributed by atoms with van der Waals surface area (Å²) in [5.41, 5.74) is -0.443. The summed E-state index contributed by atoms with van der Waals surface area (Å²) >= 11 is 0. The van der Waals surface area contributed by atoms with Crippen LogP contribution in [0.4, 0.5) is 0 Å². The van der Waals surface area contributed by atoms with Gasteiger partial charge in [0.1, 0.15) is 0 Å². The molecule has 0 aliphatic carbocycles. The van der Waals surface area contributed by atoms with Crippen LogP contribution in [0.25, 0.3) is 0 Å². The van der Waals surface area contributed by atoms with E-state index in [1.54, 1.807) is 0 Å². The van der Waals surface area contributed by atoms with Crippen molar-refractivity contribution in [1.82, 2.24) is 9.80 Å². The topological polar surface area (TPSA) is 43.8 Å². The van der Waals surface area contributed by atoms with Gasteiger partial charge in [-0.25, -0.2) is 0 Å². The van der Waals surface area contributed by atoms with Gasteiger partial charge in [-0.2, -0.15) is 0 Å². The Bertz CT molecular complexity index is 290. The van der Waals surface area contributed by atoms with E-state index >= 15 is 0 Å². The molecule has 2 aliphatic rings. The number of aliphatic carboxylic acids is 1. The first-order chi connectivity index (χ1) is 8.57. The van der Waals surface area contributed by atoms with Crippen molar-refractivity contribution in [2.75, 3.05) is 33.2 Å². The molecule has 0 unspecified atom stereocenters. The van der Waals surface area contributed by atoms with Crippen LogP contribution in [0.2, 0.25) is 0 Å². The van der Waals surface area contributed by atoms with Gasteiger partial charge in [0.15, 0.2) is 0 Å². The molecule has 4 nitrogen and oxygen atoms in total. The Hall–Kier alpha value is -0.610. The number of likely N-dealkylation sites (tertiary alicyclic amines) is 2. The molecule has 2 fully saturated rings. The molecule has 104 valence electrons. The van der Waals surface area contributed by atoms with E-state index < -0.39 is 11.4 Å². The van der Waals surface area contributed by atoms with Gasteiger partial charge in [0.2, 0.25) is 0 Å². The smallest absolute Gasteiger partial charge is 0.309 e. The summed E-state index contributed by atoms with van der Waals surface area (Å²) in [6.45, 7) is 6.31. The quantitative estimate of drug-likeness (QED) is 0.832. The molecule has 0 aromatic heterocycles. The minimum Gasteiger partial charge on any atom is -0.481 e. The lowest BCUT2D eigenvalue weighted by Crippen LogP contribution is -2.50. The molecule has 18 heavy (non-hydrogen) atoms. The van der Waals surface area contributed by atoms with Crippen molar-refractivity contribution in [1.29, 1.82) is 0 Å². The Morgan fingerprint density at radius 2 is 1.78 bits per heavy atom. The first kappa shape index (κ1) is 13.8. The summed E-state index contributed by atoms with van der Waals surface area (Å²) in [5, 5.41) is 9.39. The molecule has 0 amide bonds. The number of hydrogen-bond acceptors (Lipinski definition) is 3. The summed E-state index contributed by atoms with van der Waals surface area (Å²) in [7, 11) is 2.18. The lowest BCUT2D eigenvalue weighted by atomic mass is 9.76. The predicted octanol–water partition coefficient (Wildman–Crippen LogP) is 1.66. The molecule has 2 rings (SSSR count). The Kier molecular flexibility index (Phi) is 4.28. The maximum Gasteiger partial charge on any atom is 0.309 e. The highest BCUT2D eigenvalue weighted by atomic mass is 16.4. The molecular weight excluding hydrogens is 228 g/mol. The summed E-state index contributed by atoms with van der Waals surface area (Å²) in [6, 6.07) is 0.685. The predicted molar refractivity (Wildman–Crippen MR) is 71.7 cm³/mol. The summed E-state index contributed by atoms with van der Waals surface area (Å²) < 4.78 is 0. The van der Waals surface area contributed by atoms with Gasteiger partial charge in [-0.3, -0.25) is 4.79 Å². The van der Waals surface area contributed by atoms with Gasteiger partial charge in [-0.1, -0.05) is 6.92 Å². The van der Waals surface area contributed by atoms with E-state index in [0.29, 0.717) is 6.04 Å². The first-order valence-electron chi connectivity index (χ1n) is 7.23. The van der Waals surface area contributed by atoms with Crippen LogP contribution >= 0.6 is 0 Å². The maximum absolute atomic E-state index is 11.4. The van der Waals surface area contributed by atoms with Gasteiger partial charge >= 0.3 is 5.97 Å². The minimum absolute atomic E-state index is 0.443. The van der Waals surface area contributed by atoms with Gasteiger partial charge in [0, 0.05) is 6.04 Å². The van der Waals surface area contributed by atoms with Crippen LogP contribution in [-0.2, 0) is 4.79 Å². The van der Waals surface area contributed by atoms with E-state index in [9.17, 15) is 9.90 Å². The van der Waals surface area contributed by atoms with Crippen molar-refractivity contribution in [3.8, 4) is 0 Å². The monoisotopic (exact) mass is 254 g/mol. The number of rotatable bonds is 3. The Balaban J connectivity index is 1.88. The molecule has 2 saturated heterocycles. The van der Waals surface area contributed by atoms with Gasteiger partial charge in [0.25, 0.3) is 0 Å². The number of carbonyl (C=O) groups is 1. The maximum atomic E-state index is 11.4. The second-order valence-corrected chi connectivity index (χ2v) is 6.01. The Labute approximate surface area is 110 Å². The SMILES string of the molecule is CCC1(C(=O)O)CCN(C2CCN(C)CC2)CC1. The molecule has 2 heterocycles. The van der Waals surface area contributed by atoms with E-state index in [1.165, 1.54) is 25.9 Å². The second-order valence-electron chi connectivity index (χ2n) is 6.01. The fourth-order valence-electron chi connectivity index (χ4n) is 3.40. The molecular formula is C14H26N2O2. The summed E-state index contributed by atoms with van der Waals surface area (Å²) in [5.74, 6) is -0.590. The van der Waals surface area contributed by atoms with Crippen molar-refractivity contribution in [3.05, 3.63) is 0 Å². The van der Waals surface area contributed by atoms with E-state index in [0.717, 1.165) is 32.4 Å². The van der Waals surface area contributed by atoms with Crippen LogP contribution < -0.4 is 0 Å². The number of piperidine rings is 2. The van der Waals surface area contributed by atoms with Crippen LogP contribution in [0.15, 0.2) is 0 Å². The van der Waals surface area contributed by atoms with Crippen LogP contribution in [0, 0.1) is 5.41 Å². The molecule has 0 radical (unpaired) electrons. The third-order valence-corrected chi connectivity index (χ3v) is 5.09. The van der Waals surface area contributed by atoms with Crippen molar-refractivity contribution in [2.24, 2.45) is 5.41 Å². The van der Waals surface area contributed by atoms with Crippen LogP contribution in [-0.4, -0.2) is 60.1 Å². The van der Waals surface area contributed by atoms with E-state index in [2.05, 4.69) is 16.8 Å². The van der Waals surface area contributed by atoms with E-state index in [4.69, 9.17) is 0 Å². The molecule has 4 heteroatoms. The Morgan fingerprint density at radius 1 is 1.22 bits per heavy atom. The average Bonchev–Trinajstić information content (AvgIpc) is 2.39. The zero-order valence-corrected chi connectivity index (χ0v) is 11.7. The molecule has 0 aromatic rings. The molecule has 0 aromatic carbocycles. The van der Waals surface area contributed by atoms with E-state index in [1.807, 2.05) is 6.92 Å². The highest BCUT2D eigenvalue weighted by molar-refractivity contribution is 5.74. The largest absolute Gasteiger partial charge is 0.481 e. The van der Waals surface area contributed by atoms with Crippen LogP contribution in [0.1, 0.15) is 39.0 Å². The number of carboxylic acids is 1. The number of nitrogens with zero attached hydrogens (tertiary/aromatic N) is 2. The second kappa shape index (κ2) is 5.57. The van der Waals surface area contributed by atoms with Gasteiger partial charge in [-0.15, -0.1) is 0 Å².